The van der Waals surface area contributed by atoms with E-state index in [2.05, 4.69) is 24.3 Å². The number of anilines is 1. The van der Waals surface area contributed by atoms with Crippen LogP contribution in [0.4, 0.5) is 10.1 Å². The van der Waals surface area contributed by atoms with Gasteiger partial charge in [0.25, 0.3) is 5.56 Å². The van der Waals surface area contributed by atoms with Crippen molar-refractivity contribution in [3.05, 3.63) is 57.8 Å². The van der Waals surface area contributed by atoms with E-state index < -0.39 is 0 Å². The van der Waals surface area contributed by atoms with Crippen LogP contribution in [0.15, 0.2) is 35.3 Å². The van der Waals surface area contributed by atoms with Gasteiger partial charge in [0.15, 0.2) is 0 Å². The highest BCUT2D eigenvalue weighted by molar-refractivity contribution is 5.38. The number of rotatable bonds is 5. The van der Waals surface area contributed by atoms with E-state index in [0.717, 1.165) is 17.7 Å². The van der Waals surface area contributed by atoms with Crippen molar-refractivity contribution in [1.29, 1.82) is 0 Å². The van der Waals surface area contributed by atoms with Crippen molar-refractivity contribution in [2.45, 2.75) is 27.3 Å². The Bertz CT molecular complexity index is 679. The third kappa shape index (κ3) is 4.15. The summed E-state index contributed by atoms with van der Waals surface area (Å²) in [5, 5.41) is 7.30. The molecule has 2 rings (SSSR count). The lowest BCUT2D eigenvalue weighted by Gasteiger charge is -2.11. The van der Waals surface area contributed by atoms with Crippen molar-refractivity contribution in [3.8, 4) is 0 Å². The lowest BCUT2D eigenvalue weighted by molar-refractivity contribution is 0.608. The highest BCUT2D eigenvalue weighted by Crippen LogP contribution is 2.11. The van der Waals surface area contributed by atoms with Gasteiger partial charge in [-0.3, -0.25) is 4.79 Å². The zero-order valence-corrected chi connectivity index (χ0v) is 12.6. The molecular formula is C16H20FN3O. The standard InChI is InChI=1S/C16H20FN3O/c1-11(2)8-18-15-7-16(21)20(19-9-15)10-13-6-14(17)5-4-12(13)3/h4-7,9,11,18H,8,10H2,1-3H3. The third-order valence-corrected chi connectivity index (χ3v) is 3.22. The molecule has 0 atom stereocenters. The molecule has 0 bridgehead atoms. The molecule has 112 valence electrons. The fraction of sp³-hybridized carbons (Fsp3) is 0.375. The molecule has 0 radical (unpaired) electrons. The van der Waals surface area contributed by atoms with Gasteiger partial charge in [0.05, 0.1) is 18.4 Å². The summed E-state index contributed by atoms with van der Waals surface area (Å²) in [6, 6.07) is 6.07. The van der Waals surface area contributed by atoms with Crippen LogP contribution < -0.4 is 10.9 Å². The van der Waals surface area contributed by atoms with Crippen molar-refractivity contribution in [2.75, 3.05) is 11.9 Å². The smallest absolute Gasteiger partial charge is 0.269 e. The molecule has 0 aliphatic carbocycles. The third-order valence-electron chi connectivity index (χ3n) is 3.22. The topological polar surface area (TPSA) is 46.9 Å². The Morgan fingerprint density at radius 2 is 2.10 bits per heavy atom. The number of nitrogens with one attached hydrogen (secondary N) is 1. The molecule has 0 aliphatic rings. The Hall–Kier alpha value is -2.17. The highest BCUT2D eigenvalue weighted by atomic mass is 19.1. The van der Waals surface area contributed by atoms with E-state index in [9.17, 15) is 9.18 Å². The van der Waals surface area contributed by atoms with Gasteiger partial charge >= 0.3 is 0 Å². The number of nitrogens with zero attached hydrogens (tertiary/aromatic N) is 2. The zero-order valence-electron chi connectivity index (χ0n) is 12.6. The van der Waals surface area contributed by atoms with Crippen molar-refractivity contribution in [3.63, 3.8) is 0 Å². The summed E-state index contributed by atoms with van der Waals surface area (Å²) in [6.07, 6.45) is 1.62. The SMILES string of the molecule is Cc1ccc(F)cc1Cn1ncc(NCC(C)C)cc1=O. The minimum absolute atomic E-state index is 0.201. The molecule has 0 saturated heterocycles. The van der Waals surface area contributed by atoms with Crippen LogP contribution in [0.25, 0.3) is 0 Å². The zero-order chi connectivity index (χ0) is 15.4. The summed E-state index contributed by atoms with van der Waals surface area (Å²) in [5.41, 5.74) is 2.20. The molecule has 1 N–H and O–H groups in total. The van der Waals surface area contributed by atoms with Gasteiger partial charge in [-0.05, 0) is 36.1 Å². The second-order valence-electron chi connectivity index (χ2n) is 5.59. The molecule has 21 heavy (non-hydrogen) atoms. The van der Waals surface area contributed by atoms with E-state index in [1.807, 2.05) is 6.92 Å². The summed E-state index contributed by atoms with van der Waals surface area (Å²) in [5.74, 6) is 0.182. The largest absolute Gasteiger partial charge is 0.383 e. The molecule has 0 unspecified atom stereocenters. The van der Waals surface area contributed by atoms with Crippen LogP contribution in [0.2, 0.25) is 0 Å². The van der Waals surface area contributed by atoms with E-state index in [1.54, 1.807) is 12.3 Å². The number of halogens is 1. The normalized spacial score (nSPS) is 10.9. The Morgan fingerprint density at radius 3 is 2.76 bits per heavy atom. The number of hydrogen-bond acceptors (Lipinski definition) is 3. The van der Waals surface area contributed by atoms with E-state index in [4.69, 9.17) is 0 Å². The minimum atomic E-state index is -0.307. The van der Waals surface area contributed by atoms with Crippen molar-refractivity contribution < 1.29 is 4.39 Å². The quantitative estimate of drug-likeness (QED) is 0.920. The number of hydrogen-bond donors (Lipinski definition) is 1. The molecule has 1 aromatic heterocycles. The number of aromatic nitrogens is 2. The lowest BCUT2D eigenvalue weighted by atomic mass is 10.1. The molecule has 0 spiro atoms. The average molecular weight is 289 g/mol. The highest BCUT2D eigenvalue weighted by Gasteiger charge is 2.05. The predicted molar refractivity (Wildman–Crippen MR) is 82.1 cm³/mol. The molecular weight excluding hydrogens is 269 g/mol. The monoisotopic (exact) mass is 289 g/mol. The van der Waals surface area contributed by atoms with Crippen LogP contribution in [0.3, 0.4) is 0 Å². The molecule has 1 heterocycles. The van der Waals surface area contributed by atoms with Crippen LogP contribution in [-0.2, 0) is 6.54 Å². The second kappa shape index (κ2) is 6.52. The summed E-state index contributed by atoms with van der Waals surface area (Å²) in [4.78, 5) is 12.1. The first-order valence-electron chi connectivity index (χ1n) is 7.02. The van der Waals surface area contributed by atoms with Crippen LogP contribution in [0.5, 0.6) is 0 Å². The fourth-order valence-electron chi connectivity index (χ4n) is 1.94. The molecule has 0 fully saturated rings. The van der Waals surface area contributed by atoms with Crippen molar-refractivity contribution in [1.82, 2.24) is 9.78 Å². The van der Waals surface area contributed by atoms with Gasteiger partial charge in [-0.15, -0.1) is 0 Å². The number of benzene rings is 1. The van der Waals surface area contributed by atoms with Gasteiger partial charge in [-0.1, -0.05) is 19.9 Å². The Morgan fingerprint density at radius 1 is 1.33 bits per heavy atom. The Balaban J connectivity index is 2.18. The minimum Gasteiger partial charge on any atom is -0.383 e. The van der Waals surface area contributed by atoms with E-state index in [-0.39, 0.29) is 17.9 Å². The predicted octanol–water partition coefficient (Wildman–Crippen LogP) is 2.81. The first-order chi connectivity index (χ1) is 9.95. The average Bonchev–Trinajstić information content (AvgIpc) is 2.43. The van der Waals surface area contributed by atoms with Gasteiger partial charge in [0.2, 0.25) is 0 Å². The maximum atomic E-state index is 13.3. The molecule has 0 amide bonds. The maximum absolute atomic E-state index is 13.3. The van der Waals surface area contributed by atoms with Crippen molar-refractivity contribution >= 4 is 5.69 Å². The summed E-state index contributed by atoms with van der Waals surface area (Å²) >= 11 is 0. The van der Waals surface area contributed by atoms with Gasteiger partial charge in [0, 0.05) is 12.6 Å². The van der Waals surface area contributed by atoms with Crippen LogP contribution in [-0.4, -0.2) is 16.3 Å². The first kappa shape index (κ1) is 15.2. The van der Waals surface area contributed by atoms with E-state index >= 15 is 0 Å². The van der Waals surface area contributed by atoms with Crippen LogP contribution in [0, 0.1) is 18.7 Å². The Kier molecular flexibility index (Phi) is 4.73. The molecule has 5 heteroatoms. The molecule has 1 aromatic carbocycles. The van der Waals surface area contributed by atoms with Crippen molar-refractivity contribution in [2.24, 2.45) is 5.92 Å². The first-order valence-corrected chi connectivity index (χ1v) is 7.02. The van der Waals surface area contributed by atoms with Gasteiger partial charge in [-0.25, -0.2) is 9.07 Å². The Labute approximate surface area is 123 Å². The molecule has 0 aliphatic heterocycles. The molecule has 4 nitrogen and oxygen atoms in total. The fourth-order valence-corrected chi connectivity index (χ4v) is 1.94. The maximum Gasteiger partial charge on any atom is 0.269 e. The molecule has 2 aromatic rings. The van der Waals surface area contributed by atoms with Crippen LogP contribution in [0.1, 0.15) is 25.0 Å². The summed E-state index contributed by atoms with van der Waals surface area (Å²) in [7, 11) is 0. The van der Waals surface area contributed by atoms with Gasteiger partial charge in [-0.2, -0.15) is 5.10 Å². The summed E-state index contributed by atoms with van der Waals surface area (Å²) < 4.78 is 14.6. The second-order valence-corrected chi connectivity index (χ2v) is 5.59. The van der Waals surface area contributed by atoms with Gasteiger partial charge in [0.1, 0.15) is 5.82 Å². The lowest BCUT2D eigenvalue weighted by Crippen LogP contribution is -2.24. The van der Waals surface area contributed by atoms with E-state index in [1.165, 1.54) is 22.9 Å². The number of aryl methyl sites for hydroxylation is 1. The summed E-state index contributed by atoms with van der Waals surface area (Å²) in [6.45, 7) is 7.13. The van der Waals surface area contributed by atoms with Crippen LogP contribution >= 0.6 is 0 Å². The van der Waals surface area contributed by atoms with Gasteiger partial charge < -0.3 is 5.32 Å². The van der Waals surface area contributed by atoms with E-state index in [0.29, 0.717) is 11.6 Å². The molecule has 0 saturated carbocycles.